The summed E-state index contributed by atoms with van der Waals surface area (Å²) < 4.78 is 46.2. The molecule has 2 aromatic carbocycles. The fourth-order valence-corrected chi connectivity index (χ4v) is 5.02. The summed E-state index contributed by atoms with van der Waals surface area (Å²) in [7, 11) is 1.58. The van der Waals surface area contributed by atoms with E-state index in [1.165, 1.54) is 5.01 Å². The first-order valence-electron chi connectivity index (χ1n) is 11.1. The number of aromatic nitrogens is 3. The quantitative estimate of drug-likeness (QED) is 0.283. The van der Waals surface area contributed by atoms with Gasteiger partial charge in [-0.2, -0.15) is 18.3 Å². The van der Waals surface area contributed by atoms with Crippen LogP contribution in [0.25, 0.3) is 5.65 Å². The molecule has 1 aliphatic rings. The van der Waals surface area contributed by atoms with Gasteiger partial charge in [-0.3, -0.25) is 9.20 Å². The molecule has 0 saturated heterocycles. The lowest BCUT2D eigenvalue weighted by atomic mass is 9.98. The second kappa shape index (κ2) is 10.1. The lowest BCUT2D eigenvalue weighted by Gasteiger charge is -2.22. The van der Waals surface area contributed by atoms with Crippen LogP contribution in [0, 0.1) is 0 Å². The Hall–Kier alpha value is -3.57. The van der Waals surface area contributed by atoms with Gasteiger partial charge >= 0.3 is 6.18 Å². The van der Waals surface area contributed by atoms with Gasteiger partial charge in [0, 0.05) is 12.6 Å². The molecule has 1 atom stereocenters. The zero-order valence-electron chi connectivity index (χ0n) is 19.3. The molecule has 5 rings (SSSR count). The Labute approximate surface area is 218 Å². The van der Waals surface area contributed by atoms with Crippen LogP contribution in [-0.2, 0) is 11.0 Å². The molecule has 0 aliphatic carbocycles. The van der Waals surface area contributed by atoms with E-state index in [4.69, 9.17) is 16.3 Å². The van der Waals surface area contributed by atoms with Crippen molar-refractivity contribution in [1.29, 1.82) is 0 Å². The van der Waals surface area contributed by atoms with Crippen LogP contribution < -0.4 is 4.74 Å². The van der Waals surface area contributed by atoms with Crippen molar-refractivity contribution in [3.63, 3.8) is 0 Å². The first-order valence-corrected chi connectivity index (χ1v) is 12.4. The summed E-state index contributed by atoms with van der Waals surface area (Å²) in [4.78, 5) is 13.4. The molecule has 7 nitrogen and oxygen atoms in total. The number of carbonyl (C=O) groups excluding carboxylic acids is 1. The second-order valence-electron chi connectivity index (χ2n) is 8.18. The van der Waals surface area contributed by atoms with Crippen LogP contribution in [-0.4, -0.2) is 44.1 Å². The number of pyridine rings is 1. The Morgan fingerprint density at radius 1 is 1.14 bits per heavy atom. The van der Waals surface area contributed by atoms with Crippen molar-refractivity contribution in [2.45, 2.75) is 23.8 Å². The number of halogens is 4. The van der Waals surface area contributed by atoms with Crippen LogP contribution in [0.5, 0.6) is 5.75 Å². The summed E-state index contributed by atoms with van der Waals surface area (Å²) in [5, 5.41) is 13.8. The molecular weight excluding hydrogens is 527 g/mol. The van der Waals surface area contributed by atoms with E-state index in [0.717, 1.165) is 45.3 Å². The Bertz CT molecular complexity index is 1480. The van der Waals surface area contributed by atoms with E-state index >= 15 is 0 Å². The zero-order valence-corrected chi connectivity index (χ0v) is 20.9. The van der Waals surface area contributed by atoms with E-state index in [9.17, 15) is 18.0 Å². The van der Waals surface area contributed by atoms with Crippen LogP contribution in [0.4, 0.5) is 13.2 Å². The molecule has 0 unspecified atom stereocenters. The maximum absolute atomic E-state index is 13.4. The van der Waals surface area contributed by atoms with Gasteiger partial charge in [-0.15, -0.1) is 10.2 Å². The third-order valence-corrected chi connectivity index (χ3v) is 7.06. The number of methoxy groups -OCH3 is 1. The maximum Gasteiger partial charge on any atom is 0.417 e. The molecule has 12 heteroatoms. The van der Waals surface area contributed by atoms with Crippen LogP contribution in [0.2, 0.25) is 5.02 Å². The molecule has 0 N–H and O–H groups in total. The van der Waals surface area contributed by atoms with Crippen molar-refractivity contribution in [3.8, 4) is 5.75 Å². The SMILES string of the molecule is COc1ccc([C@H]2CC(c3ccccc3)=NN2C(=O)CSc2nnc3c(Cl)cc(C(F)(F)F)cn23)cc1. The van der Waals surface area contributed by atoms with Crippen molar-refractivity contribution in [2.24, 2.45) is 5.10 Å². The molecular formula is C25H19ClF3N5O2S. The Balaban J connectivity index is 1.41. The molecule has 1 aliphatic heterocycles. The lowest BCUT2D eigenvalue weighted by Crippen LogP contribution is -2.28. The number of nitrogens with zero attached hydrogens (tertiary/aromatic N) is 5. The molecule has 0 spiro atoms. The van der Waals surface area contributed by atoms with Crippen LogP contribution >= 0.6 is 23.4 Å². The molecule has 1 amide bonds. The highest BCUT2D eigenvalue weighted by molar-refractivity contribution is 7.99. The minimum atomic E-state index is -4.59. The highest BCUT2D eigenvalue weighted by Crippen LogP contribution is 2.36. The van der Waals surface area contributed by atoms with Crippen molar-refractivity contribution >= 4 is 40.6 Å². The van der Waals surface area contributed by atoms with Crippen LogP contribution in [0.3, 0.4) is 0 Å². The third kappa shape index (κ3) is 5.14. The molecule has 0 saturated carbocycles. The fraction of sp³-hybridized carbons (Fsp3) is 0.200. The molecule has 190 valence electrons. The Morgan fingerprint density at radius 3 is 2.54 bits per heavy atom. The number of hydrogen-bond donors (Lipinski definition) is 0. The number of carbonyl (C=O) groups is 1. The van der Waals surface area contributed by atoms with Gasteiger partial charge in [0.2, 0.25) is 0 Å². The molecule has 37 heavy (non-hydrogen) atoms. The summed E-state index contributed by atoms with van der Waals surface area (Å²) in [6, 6.07) is 17.4. The Morgan fingerprint density at radius 2 is 1.86 bits per heavy atom. The van der Waals surface area contributed by atoms with Crippen molar-refractivity contribution in [2.75, 3.05) is 12.9 Å². The summed E-state index contributed by atoms with van der Waals surface area (Å²) in [6.07, 6.45) is -3.22. The number of benzene rings is 2. The first kappa shape index (κ1) is 25.1. The van der Waals surface area contributed by atoms with E-state index < -0.39 is 11.7 Å². The number of hydrazone groups is 1. The van der Waals surface area contributed by atoms with Gasteiger partial charge in [-0.1, -0.05) is 65.8 Å². The van der Waals surface area contributed by atoms with E-state index in [1.54, 1.807) is 7.11 Å². The third-order valence-electron chi connectivity index (χ3n) is 5.85. The van der Waals surface area contributed by atoms with Crippen LogP contribution in [0.1, 0.15) is 29.2 Å². The number of ether oxygens (including phenoxy) is 1. The van der Waals surface area contributed by atoms with Crippen molar-refractivity contribution in [1.82, 2.24) is 19.6 Å². The summed E-state index contributed by atoms with van der Waals surface area (Å²) in [5.41, 5.74) is 1.68. The van der Waals surface area contributed by atoms with Gasteiger partial charge in [-0.25, -0.2) is 5.01 Å². The minimum absolute atomic E-state index is 0.0753. The lowest BCUT2D eigenvalue weighted by molar-refractivity contribution is -0.138. The average Bonchev–Trinajstić information content (AvgIpc) is 3.53. The predicted molar refractivity (Wildman–Crippen MR) is 134 cm³/mol. The van der Waals surface area contributed by atoms with Gasteiger partial charge in [0.15, 0.2) is 10.8 Å². The second-order valence-corrected chi connectivity index (χ2v) is 9.53. The van der Waals surface area contributed by atoms with Gasteiger partial charge in [-0.05, 0) is 29.3 Å². The smallest absolute Gasteiger partial charge is 0.417 e. The predicted octanol–water partition coefficient (Wildman–Crippen LogP) is 5.88. The van der Waals surface area contributed by atoms with Crippen LogP contribution in [0.15, 0.2) is 77.1 Å². The number of rotatable bonds is 6. The topological polar surface area (TPSA) is 72.1 Å². The highest BCUT2D eigenvalue weighted by Gasteiger charge is 2.34. The largest absolute Gasteiger partial charge is 0.497 e. The molecule has 3 heterocycles. The van der Waals surface area contributed by atoms with Crippen molar-refractivity contribution < 1.29 is 22.7 Å². The standard InChI is InChI=1S/C25H19ClF3N5O2S/c1-36-18-9-7-16(8-10-18)21-12-20(15-5-3-2-4-6-15)32-34(21)22(35)14-37-24-31-30-23-19(26)11-17(13-33(23)24)25(27,28)29/h2-11,13,21H,12,14H2,1H3/t21-/m1/s1. The summed E-state index contributed by atoms with van der Waals surface area (Å²) in [5.74, 6) is 0.244. The number of fused-ring (bicyclic) bond motifs is 1. The van der Waals surface area contributed by atoms with E-state index in [2.05, 4.69) is 15.3 Å². The summed E-state index contributed by atoms with van der Waals surface area (Å²) in [6.45, 7) is 0. The monoisotopic (exact) mass is 545 g/mol. The van der Waals surface area contributed by atoms with Gasteiger partial charge in [0.25, 0.3) is 5.91 Å². The zero-order chi connectivity index (χ0) is 26.2. The first-order chi connectivity index (χ1) is 17.7. The van der Waals surface area contributed by atoms with Gasteiger partial charge in [0.1, 0.15) is 5.75 Å². The maximum atomic E-state index is 13.4. The number of alkyl halides is 3. The highest BCUT2D eigenvalue weighted by atomic mass is 35.5. The average molecular weight is 546 g/mol. The van der Waals surface area contributed by atoms with E-state index in [0.29, 0.717) is 12.2 Å². The molecule has 0 radical (unpaired) electrons. The number of hydrogen-bond acceptors (Lipinski definition) is 6. The number of thioether (sulfide) groups is 1. The molecule has 0 bridgehead atoms. The van der Waals surface area contributed by atoms with Gasteiger partial charge in [0.05, 0.1) is 35.2 Å². The van der Waals surface area contributed by atoms with E-state index in [1.807, 2.05) is 54.6 Å². The minimum Gasteiger partial charge on any atom is -0.497 e. The normalized spacial score (nSPS) is 15.8. The fourth-order valence-electron chi connectivity index (χ4n) is 4.01. The Kier molecular flexibility index (Phi) is 6.82. The summed E-state index contributed by atoms with van der Waals surface area (Å²) >= 11 is 6.96. The molecule has 2 aromatic heterocycles. The van der Waals surface area contributed by atoms with E-state index in [-0.39, 0.29) is 33.5 Å². The van der Waals surface area contributed by atoms with Gasteiger partial charge < -0.3 is 4.74 Å². The molecule has 4 aromatic rings. The number of amides is 1. The van der Waals surface area contributed by atoms with Crippen molar-refractivity contribution in [3.05, 3.63) is 88.6 Å². The molecule has 0 fully saturated rings.